The zero-order valence-electron chi connectivity index (χ0n) is 24.4. The molecule has 0 spiro atoms. The van der Waals surface area contributed by atoms with Crippen LogP contribution in [0.2, 0.25) is 10.0 Å². The summed E-state index contributed by atoms with van der Waals surface area (Å²) in [5, 5.41) is 9.69. The van der Waals surface area contributed by atoms with Gasteiger partial charge in [0.25, 0.3) is 5.91 Å². The molecule has 0 aliphatic carbocycles. The molecule has 0 fully saturated rings. The summed E-state index contributed by atoms with van der Waals surface area (Å²) in [4.78, 5) is 19.2. The molecule has 0 saturated heterocycles. The third-order valence-electron chi connectivity index (χ3n) is 7.34. The summed E-state index contributed by atoms with van der Waals surface area (Å²) in [7, 11) is 0. The minimum atomic E-state index is -4.50. The zero-order valence-corrected chi connectivity index (χ0v) is 25.9. The van der Waals surface area contributed by atoms with E-state index < -0.39 is 29.3 Å². The van der Waals surface area contributed by atoms with Gasteiger partial charge in [-0.3, -0.25) is 10.2 Å². The molecule has 1 heterocycles. The van der Waals surface area contributed by atoms with E-state index >= 15 is 0 Å². The van der Waals surface area contributed by atoms with Gasteiger partial charge in [0, 0.05) is 47.2 Å². The van der Waals surface area contributed by atoms with Crippen molar-refractivity contribution in [3.63, 3.8) is 0 Å². The molecular weight excluding hydrogens is 642 g/mol. The molecule has 1 aliphatic rings. The third kappa shape index (κ3) is 7.82. The maximum absolute atomic E-state index is 14.3. The predicted molar refractivity (Wildman–Crippen MR) is 170 cm³/mol. The van der Waals surface area contributed by atoms with Crippen LogP contribution >= 0.6 is 23.2 Å². The van der Waals surface area contributed by atoms with E-state index in [4.69, 9.17) is 42.8 Å². The number of hydrogen-bond donors (Lipinski definition) is 3. The summed E-state index contributed by atoms with van der Waals surface area (Å²) >= 11 is 12.9. The van der Waals surface area contributed by atoms with E-state index in [-0.39, 0.29) is 30.5 Å². The van der Waals surface area contributed by atoms with Gasteiger partial charge in [-0.2, -0.15) is 13.2 Å². The number of carbonyl (C=O) groups is 1. The fourth-order valence-electron chi connectivity index (χ4n) is 5.07. The molecule has 0 bridgehead atoms. The van der Waals surface area contributed by atoms with Crippen LogP contribution in [0.15, 0.2) is 102 Å². The Morgan fingerprint density at radius 3 is 2.39 bits per heavy atom. The number of aliphatic imine (C=N–C) groups is 1. The van der Waals surface area contributed by atoms with E-state index in [0.29, 0.717) is 40.5 Å². The van der Waals surface area contributed by atoms with Gasteiger partial charge in [0.1, 0.15) is 5.75 Å². The summed E-state index contributed by atoms with van der Waals surface area (Å²) in [6.45, 7) is 0.272. The average Bonchev–Trinajstić information content (AvgIpc) is 3.41. The number of halogens is 5. The van der Waals surface area contributed by atoms with E-state index in [1.54, 1.807) is 42.5 Å². The predicted octanol–water partition coefficient (Wildman–Crippen LogP) is 7.09. The van der Waals surface area contributed by atoms with Crippen molar-refractivity contribution < 1.29 is 32.5 Å². The number of alkyl halides is 3. The van der Waals surface area contributed by atoms with Crippen LogP contribution in [0.4, 0.5) is 13.2 Å². The van der Waals surface area contributed by atoms with E-state index in [0.717, 1.165) is 17.7 Å². The van der Waals surface area contributed by atoms with Gasteiger partial charge >= 0.3 is 6.18 Å². The molecule has 240 valence electrons. The van der Waals surface area contributed by atoms with Gasteiger partial charge in [-0.1, -0.05) is 77.8 Å². The van der Waals surface area contributed by atoms with Gasteiger partial charge in [-0.05, 0) is 53.6 Å². The van der Waals surface area contributed by atoms with Gasteiger partial charge in [-0.25, -0.2) is 10.4 Å². The highest BCUT2D eigenvalue weighted by molar-refractivity contribution is 6.35. The molecule has 0 aromatic heterocycles. The monoisotopic (exact) mass is 671 g/mol. The minimum absolute atomic E-state index is 0.0116. The van der Waals surface area contributed by atoms with E-state index in [9.17, 15) is 18.0 Å². The summed E-state index contributed by atoms with van der Waals surface area (Å²) in [5.74, 6) is 0.181. The Morgan fingerprint density at radius 1 is 0.957 bits per heavy atom. The molecule has 0 saturated carbocycles. The number of amides is 1. The minimum Gasteiger partial charge on any atom is -0.494 e. The molecule has 2 atom stereocenters. The number of nitrogens with zero attached hydrogens (tertiary/aromatic N) is 1. The van der Waals surface area contributed by atoms with Crippen LogP contribution in [0.5, 0.6) is 5.75 Å². The number of hydrazine groups is 1. The first kappa shape index (κ1) is 33.3. The lowest BCUT2D eigenvalue weighted by Gasteiger charge is -2.31. The molecule has 3 N–H and O–H groups in total. The van der Waals surface area contributed by atoms with Crippen molar-refractivity contribution in [1.29, 1.82) is 0 Å². The van der Waals surface area contributed by atoms with Crippen LogP contribution < -0.4 is 15.6 Å². The van der Waals surface area contributed by atoms with Crippen molar-refractivity contribution in [3.8, 4) is 5.75 Å². The Bertz CT molecular complexity index is 1690. The lowest BCUT2D eigenvalue weighted by Crippen LogP contribution is -2.53. The van der Waals surface area contributed by atoms with Crippen LogP contribution in [0, 0.1) is 0 Å². The summed E-state index contributed by atoms with van der Waals surface area (Å²) < 4.78 is 51.9. The van der Waals surface area contributed by atoms with E-state index in [1.807, 2.05) is 30.3 Å². The number of carbonyl (C=O) groups excluding carboxylic acids is 1. The van der Waals surface area contributed by atoms with Crippen LogP contribution in [0.25, 0.3) is 0 Å². The summed E-state index contributed by atoms with van der Waals surface area (Å²) in [6, 6.07) is 25.9. The van der Waals surface area contributed by atoms with Gasteiger partial charge in [0.05, 0.1) is 12.2 Å². The number of ether oxygens (including phenoxy) is 2. The highest BCUT2D eigenvalue weighted by Gasteiger charge is 2.54. The first-order valence-electron chi connectivity index (χ1n) is 14.4. The Hall–Kier alpha value is -4.09. The van der Waals surface area contributed by atoms with Gasteiger partial charge in [0.2, 0.25) is 5.90 Å². The van der Waals surface area contributed by atoms with Crippen molar-refractivity contribution in [2.75, 3.05) is 13.2 Å². The van der Waals surface area contributed by atoms with Gasteiger partial charge in [-0.15, -0.1) is 0 Å². The standard InChI is InChI=1S/C34H30Cl2F3N3O4/c35-26-12-15-28(29(36)19-26)30-33(20-22-6-2-1-3-7-22,32(44)42-40-21-23-8-4-9-25(18-23)34(37,38)39)41-31(46-30)24-10-13-27(14-11-24)45-17-5-16-43/h1-4,6-15,18-19,30,40,43H,5,16-17,20-21H2,(H,42,44)/t30-,33-/m0/s1. The number of nitrogens with one attached hydrogen (secondary N) is 2. The van der Waals surface area contributed by atoms with Crippen molar-refractivity contribution in [3.05, 3.63) is 135 Å². The largest absolute Gasteiger partial charge is 0.494 e. The quantitative estimate of drug-likeness (QED) is 0.110. The number of benzene rings is 4. The van der Waals surface area contributed by atoms with Crippen LogP contribution in [-0.4, -0.2) is 35.7 Å². The SMILES string of the molecule is O=C(NNCc1cccc(C(F)(F)F)c1)[C@@]1(Cc2ccccc2)N=C(c2ccc(OCCCO)cc2)O[C@H]1c1ccc(Cl)cc1Cl. The van der Waals surface area contributed by atoms with Gasteiger partial charge < -0.3 is 14.6 Å². The first-order valence-corrected chi connectivity index (χ1v) is 15.1. The number of aliphatic hydroxyl groups excluding tert-OH is 1. The Balaban J connectivity index is 1.50. The number of rotatable bonds is 12. The lowest BCUT2D eigenvalue weighted by atomic mass is 9.82. The van der Waals surface area contributed by atoms with Crippen LogP contribution in [0.3, 0.4) is 0 Å². The summed E-state index contributed by atoms with van der Waals surface area (Å²) in [5.41, 5.74) is 5.18. The van der Waals surface area contributed by atoms with Crippen LogP contribution in [-0.2, 0) is 28.7 Å². The molecule has 46 heavy (non-hydrogen) atoms. The Kier molecular flexibility index (Phi) is 10.5. The van der Waals surface area contributed by atoms with Crippen molar-refractivity contribution in [1.82, 2.24) is 10.9 Å². The molecule has 1 amide bonds. The Morgan fingerprint density at radius 2 is 1.70 bits per heavy atom. The molecule has 12 heteroatoms. The molecule has 4 aromatic rings. The molecule has 5 rings (SSSR count). The van der Waals surface area contributed by atoms with Gasteiger partial charge in [0.15, 0.2) is 11.6 Å². The topological polar surface area (TPSA) is 92.2 Å². The maximum Gasteiger partial charge on any atom is 0.416 e. The third-order valence-corrected chi connectivity index (χ3v) is 7.90. The van der Waals surface area contributed by atoms with Crippen LogP contribution in [0.1, 0.15) is 40.3 Å². The second kappa shape index (κ2) is 14.6. The number of aliphatic hydroxyl groups is 1. The fraction of sp³-hybridized carbons (Fsp3) is 0.235. The molecular formula is C34H30Cl2F3N3O4. The highest BCUT2D eigenvalue weighted by Crippen LogP contribution is 2.45. The van der Waals surface area contributed by atoms with Crippen molar-refractivity contribution in [2.24, 2.45) is 4.99 Å². The fourth-order valence-corrected chi connectivity index (χ4v) is 5.58. The molecule has 7 nitrogen and oxygen atoms in total. The highest BCUT2D eigenvalue weighted by atomic mass is 35.5. The number of hydrogen-bond acceptors (Lipinski definition) is 6. The van der Waals surface area contributed by atoms with E-state index in [2.05, 4.69) is 10.9 Å². The molecule has 1 aliphatic heterocycles. The second-order valence-corrected chi connectivity index (χ2v) is 11.5. The molecule has 0 unspecified atom stereocenters. The maximum atomic E-state index is 14.3. The molecule has 4 aromatic carbocycles. The van der Waals surface area contributed by atoms with Crippen molar-refractivity contribution in [2.45, 2.75) is 37.2 Å². The first-order chi connectivity index (χ1) is 22.1. The normalized spacial score (nSPS) is 17.7. The smallest absolute Gasteiger partial charge is 0.416 e. The van der Waals surface area contributed by atoms with E-state index in [1.165, 1.54) is 12.1 Å². The lowest BCUT2D eigenvalue weighted by molar-refractivity contribution is -0.137. The van der Waals surface area contributed by atoms with Crippen molar-refractivity contribution >= 4 is 35.0 Å². The Labute approximate surface area is 273 Å². The average molecular weight is 673 g/mol. The summed E-state index contributed by atoms with van der Waals surface area (Å²) in [6.07, 6.45) is -4.93. The molecule has 0 radical (unpaired) electrons. The second-order valence-electron chi connectivity index (χ2n) is 10.6. The zero-order chi connectivity index (χ0) is 32.7.